The summed E-state index contributed by atoms with van der Waals surface area (Å²) >= 11 is 3.21. The number of benzene rings is 1. The molecular formula is C18H25BrFNO3. The van der Waals surface area contributed by atoms with Crippen LogP contribution in [0.2, 0.25) is 0 Å². The van der Waals surface area contributed by atoms with Crippen LogP contribution >= 0.6 is 15.9 Å². The quantitative estimate of drug-likeness (QED) is 0.684. The molecule has 134 valence electrons. The Hall–Kier alpha value is -1.30. The Morgan fingerprint density at radius 2 is 2.00 bits per heavy atom. The molecule has 0 saturated heterocycles. The van der Waals surface area contributed by atoms with Crippen molar-refractivity contribution >= 4 is 22.0 Å². The monoisotopic (exact) mass is 401 g/mol. The van der Waals surface area contributed by atoms with Gasteiger partial charge in [0.05, 0.1) is 6.54 Å². The van der Waals surface area contributed by atoms with Crippen LogP contribution in [-0.2, 0) is 4.74 Å². The van der Waals surface area contributed by atoms with Gasteiger partial charge in [-0.25, -0.2) is 9.18 Å². The van der Waals surface area contributed by atoms with E-state index in [4.69, 9.17) is 9.47 Å². The fourth-order valence-electron chi connectivity index (χ4n) is 2.81. The number of hydrogen-bond acceptors (Lipinski definition) is 3. The van der Waals surface area contributed by atoms with Crippen LogP contribution in [0.1, 0.15) is 46.5 Å². The summed E-state index contributed by atoms with van der Waals surface area (Å²) in [5.41, 5.74) is -0.535. The number of halogens is 2. The predicted molar refractivity (Wildman–Crippen MR) is 94.8 cm³/mol. The van der Waals surface area contributed by atoms with Gasteiger partial charge < -0.3 is 14.4 Å². The molecule has 0 unspecified atom stereocenters. The second-order valence-electron chi connectivity index (χ2n) is 7.04. The third kappa shape index (κ3) is 5.65. The summed E-state index contributed by atoms with van der Waals surface area (Å²) < 4.78 is 25.5. The fraction of sp³-hybridized carbons (Fsp3) is 0.611. The molecule has 1 aromatic carbocycles. The predicted octanol–water partition coefficient (Wildman–Crippen LogP) is 5.15. The number of rotatable bonds is 5. The van der Waals surface area contributed by atoms with Crippen LogP contribution in [0.25, 0.3) is 0 Å². The largest absolute Gasteiger partial charge is 0.489 e. The lowest BCUT2D eigenvalue weighted by molar-refractivity contribution is 0.0136. The van der Waals surface area contributed by atoms with Gasteiger partial charge in [-0.1, -0.05) is 28.8 Å². The lowest BCUT2D eigenvalue weighted by atomic mass is 10.2. The highest BCUT2D eigenvalue weighted by molar-refractivity contribution is 9.10. The number of nitrogens with zero attached hydrogens (tertiary/aromatic N) is 1. The number of carbonyl (C=O) groups excluding carboxylic acids is 1. The minimum absolute atomic E-state index is 0.179. The molecular weight excluding hydrogens is 377 g/mol. The average molecular weight is 402 g/mol. The Kier molecular flexibility index (Phi) is 6.49. The lowest BCUT2D eigenvalue weighted by Crippen LogP contribution is -2.44. The second-order valence-corrected chi connectivity index (χ2v) is 7.95. The van der Waals surface area contributed by atoms with Gasteiger partial charge >= 0.3 is 6.09 Å². The third-order valence-electron chi connectivity index (χ3n) is 3.88. The maximum atomic E-state index is 13.8. The van der Waals surface area contributed by atoms with E-state index in [1.807, 2.05) is 20.8 Å². The lowest BCUT2D eigenvalue weighted by Gasteiger charge is -2.31. The van der Waals surface area contributed by atoms with Crippen LogP contribution in [0.3, 0.4) is 0 Å². The average Bonchev–Trinajstić information content (AvgIpc) is 2.97. The van der Waals surface area contributed by atoms with Gasteiger partial charge in [-0.2, -0.15) is 0 Å². The van der Waals surface area contributed by atoms with Crippen LogP contribution in [-0.4, -0.2) is 35.8 Å². The molecule has 6 heteroatoms. The Labute approximate surface area is 151 Å². The van der Waals surface area contributed by atoms with Crippen LogP contribution in [0.15, 0.2) is 22.7 Å². The van der Waals surface area contributed by atoms with Crippen molar-refractivity contribution in [3.05, 3.63) is 28.5 Å². The molecule has 1 aromatic rings. The molecule has 0 spiro atoms. The van der Waals surface area contributed by atoms with Gasteiger partial charge in [-0.15, -0.1) is 0 Å². The van der Waals surface area contributed by atoms with Crippen molar-refractivity contribution in [3.63, 3.8) is 0 Å². The van der Waals surface area contributed by atoms with E-state index in [0.29, 0.717) is 11.0 Å². The molecule has 0 atom stereocenters. The van der Waals surface area contributed by atoms with Gasteiger partial charge in [0.25, 0.3) is 0 Å². The summed E-state index contributed by atoms with van der Waals surface area (Å²) in [4.78, 5) is 14.2. The second kappa shape index (κ2) is 8.19. The van der Waals surface area contributed by atoms with E-state index >= 15 is 0 Å². The highest BCUT2D eigenvalue weighted by Gasteiger charge is 2.30. The molecule has 2 rings (SSSR count). The number of carbonyl (C=O) groups is 1. The van der Waals surface area contributed by atoms with Crippen molar-refractivity contribution in [1.29, 1.82) is 0 Å². The van der Waals surface area contributed by atoms with E-state index in [0.717, 1.165) is 25.7 Å². The molecule has 24 heavy (non-hydrogen) atoms. The van der Waals surface area contributed by atoms with Gasteiger partial charge in [0, 0.05) is 10.5 Å². The third-order valence-corrected chi connectivity index (χ3v) is 4.37. The normalized spacial score (nSPS) is 15.4. The van der Waals surface area contributed by atoms with Crippen LogP contribution in [0, 0.1) is 5.82 Å². The van der Waals surface area contributed by atoms with E-state index in [2.05, 4.69) is 15.9 Å². The molecule has 1 saturated carbocycles. The maximum Gasteiger partial charge on any atom is 0.410 e. The molecule has 0 N–H and O–H groups in total. The van der Waals surface area contributed by atoms with Gasteiger partial charge in [0.2, 0.25) is 0 Å². The summed E-state index contributed by atoms with van der Waals surface area (Å²) in [6.45, 7) is 6.17. The van der Waals surface area contributed by atoms with Crippen molar-refractivity contribution in [3.8, 4) is 5.75 Å². The summed E-state index contributed by atoms with van der Waals surface area (Å²) in [5, 5.41) is 0. The smallest absolute Gasteiger partial charge is 0.410 e. The Morgan fingerprint density at radius 3 is 2.58 bits per heavy atom. The first kappa shape index (κ1) is 19.0. The summed E-state index contributed by atoms with van der Waals surface area (Å²) in [6.07, 6.45) is 3.87. The Balaban J connectivity index is 1.96. The first-order valence-corrected chi connectivity index (χ1v) is 9.13. The number of amides is 1. The number of ether oxygens (including phenoxy) is 2. The van der Waals surface area contributed by atoms with Crippen LogP contribution in [0.4, 0.5) is 9.18 Å². The molecule has 1 fully saturated rings. The molecule has 1 aliphatic carbocycles. The Morgan fingerprint density at radius 1 is 1.33 bits per heavy atom. The number of hydrogen-bond donors (Lipinski definition) is 0. The van der Waals surface area contributed by atoms with E-state index in [9.17, 15) is 9.18 Å². The molecule has 0 bridgehead atoms. The first-order valence-electron chi connectivity index (χ1n) is 8.34. The minimum Gasteiger partial charge on any atom is -0.489 e. The van der Waals surface area contributed by atoms with Gasteiger partial charge in [0.1, 0.15) is 12.2 Å². The molecule has 0 heterocycles. The van der Waals surface area contributed by atoms with E-state index in [1.165, 1.54) is 6.07 Å². The van der Waals surface area contributed by atoms with Crippen molar-refractivity contribution in [1.82, 2.24) is 4.90 Å². The fourth-order valence-corrected chi connectivity index (χ4v) is 3.14. The van der Waals surface area contributed by atoms with Crippen LogP contribution < -0.4 is 4.74 Å². The van der Waals surface area contributed by atoms with Crippen molar-refractivity contribution < 1.29 is 18.7 Å². The van der Waals surface area contributed by atoms with E-state index < -0.39 is 11.4 Å². The Bertz CT molecular complexity index is 568. The molecule has 1 amide bonds. The zero-order valence-electron chi connectivity index (χ0n) is 14.5. The maximum absolute atomic E-state index is 13.8. The topological polar surface area (TPSA) is 38.8 Å². The molecule has 0 aromatic heterocycles. The van der Waals surface area contributed by atoms with Gasteiger partial charge in [-0.05, 0) is 51.8 Å². The summed E-state index contributed by atoms with van der Waals surface area (Å²) in [5.74, 6) is -0.233. The standard InChI is InChI=1S/C18H25BrFNO3/c1-18(2,3)24-17(22)21(14-6-4-5-7-14)10-11-23-16-9-8-13(19)12-15(16)20/h8-9,12,14H,4-7,10-11H2,1-3H3. The zero-order valence-corrected chi connectivity index (χ0v) is 16.1. The van der Waals surface area contributed by atoms with Gasteiger partial charge in [0.15, 0.2) is 11.6 Å². The van der Waals surface area contributed by atoms with Gasteiger partial charge in [-0.3, -0.25) is 0 Å². The SMILES string of the molecule is CC(C)(C)OC(=O)N(CCOc1ccc(Br)cc1F)C1CCCC1. The molecule has 0 radical (unpaired) electrons. The van der Waals surface area contributed by atoms with Crippen molar-refractivity contribution in [2.45, 2.75) is 58.1 Å². The van der Waals surface area contributed by atoms with E-state index in [-0.39, 0.29) is 24.5 Å². The van der Waals surface area contributed by atoms with Crippen LogP contribution in [0.5, 0.6) is 5.75 Å². The molecule has 4 nitrogen and oxygen atoms in total. The molecule has 0 aliphatic heterocycles. The summed E-state index contributed by atoms with van der Waals surface area (Å²) in [7, 11) is 0. The first-order chi connectivity index (χ1) is 11.3. The zero-order chi connectivity index (χ0) is 17.7. The van der Waals surface area contributed by atoms with E-state index in [1.54, 1.807) is 17.0 Å². The molecule has 1 aliphatic rings. The van der Waals surface area contributed by atoms with Crippen molar-refractivity contribution in [2.75, 3.05) is 13.2 Å². The minimum atomic E-state index is -0.535. The highest BCUT2D eigenvalue weighted by atomic mass is 79.9. The summed E-state index contributed by atoms with van der Waals surface area (Å²) in [6, 6.07) is 4.84. The highest BCUT2D eigenvalue weighted by Crippen LogP contribution is 2.26. The van der Waals surface area contributed by atoms with Crippen molar-refractivity contribution in [2.24, 2.45) is 0 Å².